The lowest BCUT2D eigenvalue weighted by Gasteiger charge is -2.32. The fourth-order valence-electron chi connectivity index (χ4n) is 2.17. The molecular formula is C13H27NO2. The molecule has 2 N–H and O–H groups in total. The maximum atomic E-state index is 12.0. The fourth-order valence-corrected chi connectivity index (χ4v) is 2.17. The highest BCUT2D eigenvalue weighted by molar-refractivity contribution is 5.79. The van der Waals surface area contributed by atoms with Crippen LogP contribution in [0, 0.1) is 17.3 Å². The molecule has 0 heterocycles. The van der Waals surface area contributed by atoms with Gasteiger partial charge in [-0.05, 0) is 17.8 Å². The highest BCUT2D eigenvalue weighted by Crippen LogP contribution is 2.32. The molecule has 0 aliphatic heterocycles. The zero-order valence-electron chi connectivity index (χ0n) is 11.5. The third-order valence-electron chi connectivity index (χ3n) is 2.87. The van der Waals surface area contributed by atoms with Crippen LogP contribution in [0.3, 0.4) is 0 Å². The van der Waals surface area contributed by atoms with Crippen LogP contribution < -0.4 is 5.32 Å². The van der Waals surface area contributed by atoms with Gasteiger partial charge in [-0.2, -0.15) is 0 Å². The highest BCUT2D eigenvalue weighted by atomic mass is 16.3. The highest BCUT2D eigenvalue weighted by Gasteiger charge is 2.33. The third kappa shape index (κ3) is 4.97. The quantitative estimate of drug-likeness (QED) is 0.759. The molecule has 1 amide bonds. The second kappa shape index (κ2) is 6.24. The van der Waals surface area contributed by atoms with Crippen molar-refractivity contribution in [3.05, 3.63) is 0 Å². The van der Waals surface area contributed by atoms with Crippen molar-refractivity contribution in [3.63, 3.8) is 0 Å². The average molecular weight is 229 g/mol. The largest absolute Gasteiger partial charge is 0.391 e. The van der Waals surface area contributed by atoms with Crippen molar-refractivity contribution in [2.45, 2.75) is 54.1 Å². The molecule has 3 heteroatoms. The van der Waals surface area contributed by atoms with Gasteiger partial charge in [-0.3, -0.25) is 4.79 Å². The summed E-state index contributed by atoms with van der Waals surface area (Å²) in [5.41, 5.74) is -0.0462. The minimum absolute atomic E-state index is 0.0171. The van der Waals surface area contributed by atoms with Gasteiger partial charge in [-0.15, -0.1) is 0 Å². The number of aliphatic hydroxyl groups is 1. The number of amides is 1. The summed E-state index contributed by atoms with van der Waals surface area (Å²) in [6, 6.07) is 0. The van der Waals surface area contributed by atoms with E-state index in [-0.39, 0.29) is 17.2 Å². The Morgan fingerprint density at radius 3 is 2.12 bits per heavy atom. The Bertz CT molecular complexity index is 218. The van der Waals surface area contributed by atoms with Crippen LogP contribution in [0.5, 0.6) is 0 Å². The van der Waals surface area contributed by atoms with Crippen LogP contribution in [0.4, 0.5) is 0 Å². The van der Waals surface area contributed by atoms with Crippen LogP contribution in [-0.2, 0) is 4.79 Å². The summed E-state index contributed by atoms with van der Waals surface area (Å²) in [6.45, 7) is 12.6. The average Bonchev–Trinajstić information content (AvgIpc) is 2.11. The smallest absolute Gasteiger partial charge is 0.223 e. The van der Waals surface area contributed by atoms with Crippen molar-refractivity contribution in [1.29, 1.82) is 0 Å². The minimum atomic E-state index is -0.434. The van der Waals surface area contributed by atoms with Gasteiger partial charge in [0.2, 0.25) is 5.91 Å². The van der Waals surface area contributed by atoms with Gasteiger partial charge in [0.05, 0.1) is 6.10 Å². The molecule has 3 nitrogen and oxygen atoms in total. The Balaban J connectivity index is 4.42. The van der Waals surface area contributed by atoms with E-state index >= 15 is 0 Å². The first-order valence-corrected chi connectivity index (χ1v) is 6.15. The van der Waals surface area contributed by atoms with E-state index in [1.165, 1.54) is 0 Å². The lowest BCUT2D eigenvalue weighted by Crippen LogP contribution is -2.43. The summed E-state index contributed by atoms with van der Waals surface area (Å²) in [5.74, 6) is 0.338. The van der Waals surface area contributed by atoms with E-state index in [2.05, 4.69) is 39.9 Å². The Kier molecular flexibility index (Phi) is 6.01. The Hall–Kier alpha value is -0.570. The van der Waals surface area contributed by atoms with Gasteiger partial charge in [0.25, 0.3) is 0 Å². The number of rotatable bonds is 5. The maximum Gasteiger partial charge on any atom is 0.223 e. The first-order valence-electron chi connectivity index (χ1n) is 6.15. The van der Waals surface area contributed by atoms with Crippen molar-refractivity contribution in [2.24, 2.45) is 17.3 Å². The monoisotopic (exact) mass is 229 g/mol. The number of aliphatic hydroxyl groups excluding tert-OH is 1. The normalized spacial score (nSPS) is 16.0. The van der Waals surface area contributed by atoms with E-state index < -0.39 is 6.10 Å². The van der Waals surface area contributed by atoms with E-state index in [0.717, 1.165) is 0 Å². The van der Waals surface area contributed by atoms with Crippen LogP contribution in [0.15, 0.2) is 0 Å². The van der Waals surface area contributed by atoms with E-state index in [0.29, 0.717) is 18.9 Å². The maximum absolute atomic E-state index is 12.0. The molecule has 96 valence electrons. The molecule has 0 fully saturated rings. The second-order valence-electron chi connectivity index (χ2n) is 5.89. The standard InChI is InChI=1S/C13H27NO2/c1-7-10(15)8-14-12(16)11(9(2)3)13(4,5)6/h9-11,15H,7-8H2,1-6H3,(H,14,16). The van der Waals surface area contributed by atoms with Gasteiger partial charge in [0.1, 0.15) is 0 Å². The molecule has 16 heavy (non-hydrogen) atoms. The van der Waals surface area contributed by atoms with Gasteiger partial charge in [0, 0.05) is 12.5 Å². The van der Waals surface area contributed by atoms with Crippen molar-refractivity contribution in [3.8, 4) is 0 Å². The van der Waals surface area contributed by atoms with Gasteiger partial charge >= 0.3 is 0 Å². The Morgan fingerprint density at radius 1 is 1.31 bits per heavy atom. The lowest BCUT2D eigenvalue weighted by molar-refractivity contribution is -0.130. The lowest BCUT2D eigenvalue weighted by atomic mass is 9.74. The first kappa shape index (κ1) is 15.4. The zero-order valence-corrected chi connectivity index (χ0v) is 11.5. The number of hydrogen-bond acceptors (Lipinski definition) is 2. The van der Waals surface area contributed by atoms with Crippen LogP contribution >= 0.6 is 0 Å². The molecule has 0 aromatic rings. The number of hydrogen-bond donors (Lipinski definition) is 2. The SMILES string of the molecule is CCC(O)CNC(=O)C(C(C)C)C(C)(C)C. The molecule has 0 bridgehead atoms. The molecule has 0 aromatic carbocycles. The number of nitrogens with one attached hydrogen (secondary N) is 1. The van der Waals surface area contributed by atoms with Gasteiger partial charge in [0.15, 0.2) is 0 Å². The fraction of sp³-hybridized carbons (Fsp3) is 0.923. The molecular weight excluding hydrogens is 202 g/mol. The molecule has 0 radical (unpaired) electrons. The first-order chi connectivity index (χ1) is 7.20. The molecule has 2 unspecified atom stereocenters. The topological polar surface area (TPSA) is 49.3 Å². The van der Waals surface area contributed by atoms with E-state index in [1.807, 2.05) is 6.92 Å². The molecule has 0 spiro atoms. The van der Waals surface area contributed by atoms with E-state index in [4.69, 9.17) is 0 Å². The third-order valence-corrected chi connectivity index (χ3v) is 2.87. The van der Waals surface area contributed by atoms with Gasteiger partial charge in [-0.1, -0.05) is 41.5 Å². The molecule has 0 aliphatic rings. The van der Waals surface area contributed by atoms with E-state index in [1.54, 1.807) is 0 Å². The Morgan fingerprint density at radius 2 is 1.81 bits per heavy atom. The summed E-state index contributed by atoms with van der Waals surface area (Å²) < 4.78 is 0. The molecule has 0 aliphatic carbocycles. The van der Waals surface area contributed by atoms with Gasteiger partial charge in [-0.25, -0.2) is 0 Å². The summed E-state index contributed by atoms with van der Waals surface area (Å²) in [7, 11) is 0. The molecule has 2 atom stereocenters. The molecule has 0 aromatic heterocycles. The summed E-state index contributed by atoms with van der Waals surface area (Å²) in [4.78, 5) is 12.0. The van der Waals surface area contributed by atoms with Crippen LogP contribution in [0.1, 0.15) is 48.0 Å². The van der Waals surface area contributed by atoms with Crippen molar-refractivity contribution in [1.82, 2.24) is 5.32 Å². The zero-order chi connectivity index (χ0) is 12.9. The van der Waals surface area contributed by atoms with Crippen LogP contribution in [0.2, 0.25) is 0 Å². The minimum Gasteiger partial charge on any atom is -0.391 e. The predicted octanol–water partition coefficient (Wildman–Crippen LogP) is 2.19. The van der Waals surface area contributed by atoms with Crippen LogP contribution in [0.25, 0.3) is 0 Å². The number of carbonyl (C=O) groups excluding carboxylic acids is 1. The molecule has 0 saturated carbocycles. The summed E-state index contributed by atoms with van der Waals surface area (Å²) in [6.07, 6.45) is 0.235. The van der Waals surface area contributed by atoms with Crippen LogP contribution in [-0.4, -0.2) is 23.7 Å². The number of carbonyl (C=O) groups is 1. The summed E-state index contributed by atoms with van der Waals surface area (Å²) in [5, 5.41) is 12.2. The van der Waals surface area contributed by atoms with E-state index in [9.17, 15) is 9.90 Å². The molecule has 0 rings (SSSR count). The predicted molar refractivity (Wildman–Crippen MR) is 67.1 cm³/mol. The second-order valence-corrected chi connectivity index (χ2v) is 5.89. The van der Waals surface area contributed by atoms with Crippen molar-refractivity contribution < 1.29 is 9.90 Å². The Labute approximate surface area is 99.6 Å². The summed E-state index contributed by atoms with van der Waals surface area (Å²) >= 11 is 0. The van der Waals surface area contributed by atoms with Crippen molar-refractivity contribution in [2.75, 3.05) is 6.54 Å². The molecule has 0 saturated heterocycles. The van der Waals surface area contributed by atoms with Gasteiger partial charge < -0.3 is 10.4 Å². The van der Waals surface area contributed by atoms with Crippen molar-refractivity contribution >= 4 is 5.91 Å².